The standard InChI is InChI=1S/C21H22N4O2/c1-15-6-7-19(26)25(23-15)14-16-9-12-24(13-10-16)21(27)20-18-5-3-2-4-17(18)8-11-22-20/h2-8,11,16H,9-10,12-14H2,1H3. The van der Waals surface area contributed by atoms with Crippen LogP contribution in [0.1, 0.15) is 29.0 Å². The van der Waals surface area contributed by atoms with E-state index in [4.69, 9.17) is 0 Å². The van der Waals surface area contributed by atoms with Crippen LogP contribution < -0.4 is 5.56 Å². The zero-order valence-electron chi connectivity index (χ0n) is 15.3. The average Bonchev–Trinajstić information content (AvgIpc) is 2.70. The molecule has 0 aliphatic carbocycles. The van der Waals surface area contributed by atoms with E-state index in [0.717, 1.165) is 29.3 Å². The number of carbonyl (C=O) groups is 1. The maximum Gasteiger partial charge on any atom is 0.273 e. The lowest BCUT2D eigenvalue weighted by Crippen LogP contribution is -2.40. The monoisotopic (exact) mass is 362 g/mol. The molecule has 0 atom stereocenters. The molecule has 0 saturated carbocycles. The number of pyridine rings is 1. The number of hydrogen-bond donors (Lipinski definition) is 0. The molecule has 0 spiro atoms. The van der Waals surface area contributed by atoms with E-state index in [1.165, 1.54) is 0 Å². The molecular formula is C21H22N4O2. The molecule has 1 aliphatic rings. The Morgan fingerprint density at radius 3 is 2.70 bits per heavy atom. The maximum atomic E-state index is 13.0. The van der Waals surface area contributed by atoms with E-state index in [2.05, 4.69) is 10.1 Å². The second-order valence-electron chi connectivity index (χ2n) is 7.11. The maximum absolute atomic E-state index is 13.0. The van der Waals surface area contributed by atoms with E-state index in [9.17, 15) is 9.59 Å². The number of nitrogens with zero attached hydrogens (tertiary/aromatic N) is 4. The first kappa shape index (κ1) is 17.4. The number of fused-ring (bicyclic) bond motifs is 1. The molecule has 1 fully saturated rings. The number of likely N-dealkylation sites (tertiary alicyclic amines) is 1. The highest BCUT2D eigenvalue weighted by Gasteiger charge is 2.26. The third kappa shape index (κ3) is 3.60. The van der Waals surface area contributed by atoms with E-state index >= 15 is 0 Å². The summed E-state index contributed by atoms with van der Waals surface area (Å²) in [6, 6.07) is 13.0. The second kappa shape index (κ2) is 7.31. The zero-order valence-corrected chi connectivity index (χ0v) is 15.3. The molecule has 138 valence electrons. The first-order valence-corrected chi connectivity index (χ1v) is 9.29. The van der Waals surface area contributed by atoms with Crippen molar-refractivity contribution >= 4 is 16.7 Å². The predicted octanol–water partition coefficient (Wildman–Crippen LogP) is 2.65. The summed E-state index contributed by atoms with van der Waals surface area (Å²) in [6.07, 6.45) is 3.41. The highest BCUT2D eigenvalue weighted by Crippen LogP contribution is 2.22. The molecule has 1 aromatic carbocycles. The summed E-state index contributed by atoms with van der Waals surface area (Å²) in [7, 11) is 0. The summed E-state index contributed by atoms with van der Waals surface area (Å²) in [4.78, 5) is 31.1. The lowest BCUT2D eigenvalue weighted by molar-refractivity contribution is 0.0676. The summed E-state index contributed by atoms with van der Waals surface area (Å²) in [6.45, 7) is 3.84. The van der Waals surface area contributed by atoms with Crippen LogP contribution in [-0.2, 0) is 6.54 Å². The van der Waals surface area contributed by atoms with Gasteiger partial charge in [0, 0.05) is 37.3 Å². The van der Waals surface area contributed by atoms with Crippen LogP contribution in [0.4, 0.5) is 0 Å². The van der Waals surface area contributed by atoms with Gasteiger partial charge in [-0.1, -0.05) is 24.3 Å². The van der Waals surface area contributed by atoms with Crippen molar-refractivity contribution in [1.29, 1.82) is 0 Å². The van der Waals surface area contributed by atoms with Crippen molar-refractivity contribution in [2.24, 2.45) is 5.92 Å². The second-order valence-corrected chi connectivity index (χ2v) is 7.11. The van der Waals surface area contributed by atoms with Gasteiger partial charge in [-0.15, -0.1) is 0 Å². The van der Waals surface area contributed by atoms with Crippen LogP contribution in [-0.4, -0.2) is 38.7 Å². The van der Waals surface area contributed by atoms with Crippen LogP contribution in [0.15, 0.2) is 53.5 Å². The Bertz CT molecular complexity index is 1030. The smallest absolute Gasteiger partial charge is 0.273 e. The van der Waals surface area contributed by atoms with Crippen LogP contribution in [0, 0.1) is 12.8 Å². The number of carbonyl (C=O) groups excluding carboxylic acids is 1. The van der Waals surface area contributed by atoms with Gasteiger partial charge in [0.25, 0.3) is 11.5 Å². The number of aryl methyl sites for hydroxylation is 1. The molecule has 0 N–H and O–H groups in total. The topological polar surface area (TPSA) is 68.1 Å². The fourth-order valence-corrected chi connectivity index (χ4v) is 3.68. The molecule has 6 nitrogen and oxygen atoms in total. The molecule has 6 heteroatoms. The zero-order chi connectivity index (χ0) is 18.8. The molecule has 27 heavy (non-hydrogen) atoms. The van der Waals surface area contributed by atoms with E-state index in [1.54, 1.807) is 23.0 Å². The molecule has 1 amide bonds. The van der Waals surface area contributed by atoms with Gasteiger partial charge in [-0.05, 0) is 43.2 Å². The molecular weight excluding hydrogens is 340 g/mol. The van der Waals surface area contributed by atoms with E-state index in [0.29, 0.717) is 31.2 Å². The summed E-state index contributed by atoms with van der Waals surface area (Å²) in [5.74, 6) is 0.331. The number of piperidine rings is 1. The molecule has 0 bridgehead atoms. The van der Waals surface area contributed by atoms with Crippen LogP contribution in [0.2, 0.25) is 0 Å². The number of aromatic nitrogens is 3. The minimum atomic E-state index is -0.0703. The van der Waals surface area contributed by atoms with Crippen LogP contribution in [0.3, 0.4) is 0 Å². The summed E-state index contributed by atoms with van der Waals surface area (Å²) in [5.41, 5.74) is 1.28. The highest BCUT2D eigenvalue weighted by molar-refractivity contribution is 6.05. The molecule has 0 unspecified atom stereocenters. The van der Waals surface area contributed by atoms with Gasteiger partial charge in [0.05, 0.1) is 5.69 Å². The van der Waals surface area contributed by atoms with Crippen molar-refractivity contribution in [3.63, 3.8) is 0 Å². The molecule has 0 radical (unpaired) electrons. The summed E-state index contributed by atoms with van der Waals surface area (Å²) < 4.78 is 1.55. The lowest BCUT2D eigenvalue weighted by Gasteiger charge is -2.32. The third-order valence-electron chi connectivity index (χ3n) is 5.21. The van der Waals surface area contributed by atoms with Crippen molar-refractivity contribution in [3.8, 4) is 0 Å². The van der Waals surface area contributed by atoms with Crippen LogP contribution >= 0.6 is 0 Å². The van der Waals surface area contributed by atoms with E-state index in [-0.39, 0.29) is 11.5 Å². The van der Waals surface area contributed by atoms with Gasteiger partial charge in [0.1, 0.15) is 5.69 Å². The predicted molar refractivity (Wildman–Crippen MR) is 104 cm³/mol. The fourth-order valence-electron chi connectivity index (χ4n) is 3.68. The minimum Gasteiger partial charge on any atom is -0.337 e. The van der Waals surface area contributed by atoms with Crippen LogP contribution in [0.25, 0.3) is 10.8 Å². The number of amides is 1. The van der Waals surface area contributed by atoms with Crippen molar-refractivity contribution in [2.75, 3.05) is 13.1 Å². The Kier molecular flexibility index (Phi) is 4.71. The van der Waals surface area contributed by atoms with E-state index < -0.39 is 0 Å². The van der Waals surface area contributed by atoms with Gasteiger partial charge in [-0.2, -0.15) is 5.10 Å². The molecule has 3 aromatic rings. The fraction of sp³-hybridized carbons (Fsp3) is 0.333. The Balaban J connectivity index is 1.45. The largest absolute Gasteiger partial charge is 0.337 e. The first-order chi connectivity index (χ1) is 13.1. The van der Waals surface area contributed by atoms with Gasteiger partial charge in [-0.25, -0.2) is 4.68 Å². The highest BCUT2D eigenvalue weighted by atomic mass is 16.2. The molecule has 1 aliphatic heterocycles. The minimum absolute atomic E-state index is 0.0175. The molecule has 4 rings (SSSR count). The quantitative estimate of drug-likeness (QED) is 0.718. The van der Waals surface area contributed by atoms with Gasteiger partial charge in [0.2, 0.25) is 0 Å². The molecule has 3 heterocycles. The first-order valence-electron chi connectivity index (χ1n) is 9.29. The Morgan fingerprint density at radius 1 is 1.11 bits per heavy atom. The molecule has 1 saturated heterocycles. The van der Waals surface area contributed by atoms with Gasteiger partial charge < -0.3 is 4.90 Å². The SMILES string of the molecule is Cc1ccc(=O)n(CC2CCN(C(=O)c3nccc4ccccc34)CC2)n1. The Labute approximate surface area is 157 Å². The Morgan fingerprint density at radius 2 is 1.89 bits per heavy atom. The normalized spacial score (nSPS) is 15.2. The van der Waals surface area contributed by atoms with Crippen LogP contribution in [0.5, 0.6) is 0 Å². The lowest BCUT2D eigenvalue weighted by atomic mass is 9.96. The van der Waals surface area contributed by atoms with Crippen molar-refractivity contribution in [1.82, 2.24) is 19.7 Å². The van der Waals surface area contributed by atoms with E-state index in [1.807, 2.05) is 42.2 Å². The Hall–Kier alpha value is -3.02. The van der Waals surface area contributed by atoms with Crippen molar-refractivity contribution in [3.05, 3.63) is 70.4 Å². The summed E-state index contributed by atoms with van der Waals surface area (Å²) in [5, 5.41) is 6.23. The number of benzene rings is 1. The van der Waals surface area contributed by atoms with Crippen molar-refractivity contribution in [2.45, 2.75) is 26.3 Å². The van der Waals surface area contributed by atoms with Gasteiger partial charge in [-0.3, -0.25) is 14.6 Å². The number of hydrogen-bond acceptors (Lipinski definition) is 4. The van der Waals surface area contributed by atoms with Crippen molar-refractivity contribution < 1.29 is 4.79 Å². The third-order valence-corrected chi connectivity index (χ3v) is 5.21. The van der Waals surface area contributed by atoms with Gasteiger partial charge >= 0.3 is 0 Å². The number of rotatable bonds is 3. The van der Waals surface area contributed by atoms with Gasteiger partial charge in [0.15, 0.2) is 0 Å². The summed E-state index contributed by atoms with van der Waals surface area (Å²) >= 11 is 0. The molecule has 2 aromatic heterocycles. The average molecular weight is 362 g/mol.